The molecule has 0 aliphatic heterocycles. The van der Waals surface area contributed by atoms with Gasteiger partial charge in [0.2, 0.25) is 0 Å². The number of esters is 1. The van der Waals surface area contributed by atoms with E-state index in [0.29, 0.717) is 32.4 Å². The normalized spacial score (nSPS) is 12.2. The molecule has 10 heteroatoms. The van der Waals surface area contributed by atoms with E-state index in [2.05, 4.69) is 4.99 Å². The van der Waals surface area contributed by atoms with E-state index < -0.39 is 21.7 Å². The van der Waals surface area contributed by atoms with Crippen molar-refractivity contribution < 1.29 is 22.7 Å². The lowest BCUT2D eigenvalue weighted by Crippen LogP contribution is -2.22. The van der Waals surface area contributed by atoms with E-state index in [1.54, 1.807) is 16.7 Å². The summed E-state index contributed by atoms with van der Waals surface area (Å²) in [6, 6.07) is 23.2. The molecule has 0 fully saturated rings. The van der Waals surface area contributed by atoms with Crippen LogP contribution in [0.15, 0.2) is 88.8 Å². The fourth-order valence-electron chi connectivity index (χ4n) is 3.97. The number of hydrogen-bond donors (Lipinski definition) is 0. The van der Waals surface area contributed by atoms with Crippen molar-refractivity contribution in [2.24, 2.45) is 4.99 Å². The van der Waals surface area contributed by atoms with Crippen LogP contribution in [0.1, 0.15) is 10.4 Å². The number of aromatic nitrogens is 2. The van der Waals surface area contributed by atoms with Gasteiger partial charge in [0.15, 0.2) is 14.6 Å². The predicted octanol–water partition coefficient (Wildman–Crippen LogP) is 4.24. The van der Waals surface area contributed by atoms with Gasteiger partial charge in [-0.15, -0.1) is 0 Å². The summed E-state index contributed by atoms with van der Waals surface area (Å²) in [7, 11) is -2.17. The summed E-state index contributed by atoms with van der Waals surface area (Å²) in [5.74, 6) is -1.04. The molecule has 8 nitrogen and oxygen atoms in total. The highest BCUT2D eigenvalue weighted by atomic mass is 32.2. The Kier molecular flexibility index (Phi) is 6.45. The average Bonchev–Trinajstić information content (AvgIpc) is 3.23. The van der Waals surface area contributed by atoms with Crippen LogP contribution in [0.5, 0.6) is 0 Å². The minimum absolute atomic E-state index is 0.136. The van der Waals surface area contributed by atoms with Crippen molar-refractivity contribution in [3.05, 3.63) is 89.2 Å². The van der Waals surface area contributed by atoms with Crippen LogP contribution in [-0.2, 0) is 25.9 Å². The van der Waals surface area contributed by atoms with Crippen molar-refractivity contribution >= 4 is 54.2 Å². The van der Waals surface area contributed by atoms with Crippen molar-refractivity contribution in [2.75, 3.05) is 13.4 Å². The fraction of sp³-hybridized carbons (Fsp3) is 0.111. The summed E-state index contributed by atoms with van der Waals surface area (Å²) in [6.45, 7) is -0.187. The molecule has 1 amide bonds. The average molecular weight is 532 g/mol. The van der Waals surface area contributed by atoms with E-state index in [9.17, 15) is 18.0 Å². The maximum Gasteiger partial charge on any atom is 0.325 e. The Morgan fingerprint density at radius 2 is 1.73 bits per heavy atom. The van der Waals surface area contributed by atoms with Crippen LogP contribution in [-0.4, -0.2) is 43.2 Å². The number of benzene rings is 3. The van der Waals surface area contributed by atoms with Crippen molar-refractivity contribution in [3.8, 4) is 11.3 Å². The second kappa shape index (κ2) is 9.72. The first-order chi connectivity index (χ1) is 17.7. The highest BCUT2D eigenvalue weighted by Gasteiger charge is 2.17. The van der Waals surface area contributed by atoms with Gasteiger partial charge in [0.25, 0.3) is 5.91 Å². The number of hydrogen-bond acceptors (Lipinski definition) is 7. The maximum absolute atomic E-state index is 13.6. The van der Waals surface area contributed by atoms with Gasteiger partial charge in [-0.3, -0.25) is 9.59 Å². The number of para-hydroxylation sites is 1. The molecule has 0 N–H and O–H groups in total. The quantitative estimate of drug-likeness (QED) is 0.314. The number of nitrogens with zero attached hydrogens (tertiary/aromatic N) is 3. The number of carbonyl (C=O) groups is 2. The topological polar surface area (TPSA) is 108 Å². The van der Waals surface area contributed by atoms with Crippen LogP contribution >= 0.6 is 11.3 Å². The second-order valence-corrected chi connectivity index (χ2v) is 11.3. The van der Waals surface area contributed by atoms with Gasteiger partial charge >= 0.3 is 5.97 Å². The zero-order valence-corrected chi connectivity index (χ0v) is 21.5. The van der Waals surface area contributed by atoms with Crippen LogP contribution in [0, 0.1) is 0 Å². The highest BCUT2D eigenvalue weighted by molar-refractivity contribution is 7.90. The Morgan fingerprint density at radius 3 is 2.46 bits per heavy atom. The van der Waals surface area contributed by atoms with Gasteiger partial charge in [-0.1, -0.05) is 59.9 Å². The second-order valence-electron chi connectivity index (χ2n) is 8.30. The van der Waals surface area contributed by atoms with Crippen molar-refractivity contribution in [2.45, 2.75) is 11.4 Å². The van der Waals surface area contributed by atoms with Crippen molar-refractivity contribution in [1.29, 1.82) is 0 Å². The summed E-state index contributed by atoms with van der Waals surface area (Å²) in [5, 5.41) is 0.649. The van der Waals surface area contributed by atoms with Crippen LogP contribution < -0.4 is 4.80 Å². The van der Waals surface area contributed by atoms with E-state index >= 15 is 0 Å². The van der Waals surface area contributed by atoms with Gasteiger partial charge in [-0.25, -0.2) is 13.4 Å². The smallest absolute Gasteiger partial charge is 0.325 e. The molecule has 3 aromatic carbocycles. The minimum atomic E-state index is -3.45. The number of sulfone groups is 1. The number of ether oxygens (including phenoxy) is 1. The van der Waals surface area contributed by atoms with Crippen LogP contribution in [0.25, 0.3) is 32.4 Å². The molecule has 0 aliphatic carbocycles. The molecule has 0 atom stereocenters. The molecule has 2 aromatic heterocycles. The van der Waals surface area contributed by atoms with E-state index in [1.807, 2.05) is 54.6 Å². The summed E-state index contributed by atoms with van der Waals surface area (Å²) < 4.78 is 31.1. The number of fused-ring (bicyclic) bond motifs is 2. The molecule has 5 aromatic rings. The van der Waals surface area contributed by atoms with Crippen molar-refractivity contribution in [3.63, 3.8) is 0 Å². The molecule has 37 heavy (non-hydrogen) atoms. The molecule has 0 aliphatic rings. The molecule has 0 radical (unpaired) electrons. The number of pyridine rings is 1. The third-order valence-corrected chi connectivity index (χ3v) is 7.96. The van der Waals surface area contributed by atoms with Gasteiger partial charge in [0.1, 0.15) is 6.54 Å². The summed E-state index contributed by atoms with van der Waals surface area (Å²) >= 11 is 1.12. The monoisotopic (exact) mass is 531 g/mol. The molecule has 5 rings (SSSR count). The number of carbonyl (C=O) groups excluding carboxylic acids is 2. The molecule has 0 bridgehead atoms. The van der Waals surface area contributed by atoms with Gasteiger partial charge in [-0.2, -0.15) is 4.99 Å². The zero-order valence-electron chi connectivity index (χ0n) is 19.9. The van der Waals surface area contributed by atoms with E-state index in [4.69, 9.17) is 9.72 Å². The van der Waals surface area contributed by atoms with Gasteiger partial charge in [-0.05, 0) is 30.3 Å². The Hall–Kier alpha value is -4.15. The first kappa shape index (κ1) is 24.5. The zero-order chi connectivity index (χ0) is 26.2. The minimum Gasteiger partial charge on any atom is -0.468 e. The van der Waals surface area contributed by atoms with Gasteiger partial charge in [0.05, 0.1) is 39.0 Å². The molecule has 0 saturated heterocycles. The highest BCUT2D eigenvalue weighted by Crippen LogP contribution is 2.26. The number of rotatable bonds is 5. The largest absolute Gasteiger partial charge is 0.468 e. The summed E-state index contributed by atoms with van der Waals surface area (Å²) in [6.07, 6.45) is 1.12. The lowest BCUT2D eigenvalue weighted by molar-refractivity contribution is -0.141. The standard InChI is InChI=1S/C27H21N3O5S2/c1-35-25(31)16-30-23-13-12-18(37(2,33)34)14-24(23)36-27(30)29-26(32)20-15-22(17-8-4-3-5-9-17)28-21-11-7-6-10-19(20)21/h3-15H,16H2,1-2H3. The van der Waals surface area contributed by atoms with Crippen LogP contribution in [0.4, 0.5) is 0 Å². The Bertz CT molecular complexity index is 1860. The van der Waals surface area contributed by atoms with Crippen LogP contribution in [0.3, 0.4) is 0 Å². The first-order valence-corrected chi connectivity index (χ1v) is 13.9. The Morgan fingerprint density at radius 1 is 1.00 bits per heavy atom. The molecular weight excluding hydrogens is 510 g/mol. The molecule has 186 valence electrons. The molecular formula is C27H21N3O5S2. The molecule has 2 heterocycles. The third kappa shape index (κ3) is 4.93. The van der Waals surface area contributed by atoms with E-state index in [0.717, 1.165) is 23.2 Å². The number of amides is 1. The first-order valence-electron chi connectivity index (χ1n) is 11.2. The SMILES string of the molecule is COC(=O)Cn1c(=NC(=O)c2cc(-c3ccccc3)nc3ccccc23)sc2cc(S(C)(=O)=O)ccc21. The number of methoxy groups -OCH3 is 1. The van der Waals surface area contributed by atoms with Gasteiger partial charge < -0.3 is 9.30 Å². The van der Waals surface area contributed by atoms with Crippen LogP contribution in [0.2, 0.25) is 0 Å². The van der Waals surface area contributed by atoms with E-state index in [-0.39, 0.29) is 16.2 Å². The molecule has 0 spiro atoms. The van der Waals surface area contributed by atoms with Crippen molar-refractivity contribution in [1.82, 2.24) is 9.55 Å². The predicted molar refractivity (Wildman–Crippen MR) is 142 cm³/mol. The molecule has 0 unspecified atom stereocenters. The Labute approximate surface area is 216 Å². The lowest BCUT2D eigenvalue weighted by Gasteiger charge is -2.08. The number of thiazole rings is 1. The third-order valence-electron chi connectivity index (χ3n) is 5.81. The fourth-order valence-corrected chi connectivity index (χ4v) is 5.76. The maximum atomic E-state index is 13.6. The lowest BCUT2D eigenvalue weighted by atomic mass is 10.0. The molecule has 0 saturated carbocycles. The van der Waals surface area contributed by atoms with Gasteiger partial charge in [0, 0.05) is 17.2 Å². The summed E-state index contributed by atoms with van der Waals surface area (Å²) in [4.78, 5) is 35.3. The summed E-state index contributed by atoms with van der Waals surface area (Å²) in [5.41, 5.74) is 3.08. The van der Waals surface area contributed by atoms with E-state index in [1.165, 1.54) is 19.2 Å². The Balaban J connectivity index is 1.71.